The van der Waals surface area contributed by atoms with Gasteiger partial charge in [-0.15, -0.1) is 0 Å². The fraction of sp³-hybridized carbons (Fsp3) is 0.214. The summed E-state index contributed by atoms with van der Waals surface area (Å²) in [6.45, 7) is 2.23. The van der Waals surface area contributed by atoms with Gasteiger partial charge in [0.15, 0.2) is 16.6 Å². The van der Waals surface area contributed by atoms with Crippen LogP contribution in [0.25, 0.3) is 0 Å². The van der Waals surface area contributed by atoms with Crippen LogP contribution in [-0.2, 0) is 11.3 Å². The summed E-state index contributed by atoms with van der Waals surface area (Å²) in [6.07, 6.45) is 1.20. The van der Waals surface area contributed by atoms with Gasteiger partial charge >= 0.3 is 5.97 Å². The van der Waals surface area contributed by atoms with Crippen LogP contribution in [0.2, 0.25) is 5.15 Å². The van der Waals surface area contributed by atoms with Crippen molar-refractivity contribution < 1.29 is 14.3 Å². The van der Waals surface area contributed by atoms with Crippen molar-refractivity contribution in [2.45, 2.75) is 13.5 Å². The Morgan fingerprint density at radius 2 is 2.00 bits per heavy atom. The van der Waals surface area contributed by atoms with Gasteiger partial charge in [0.05, 0.1) is 6.61 Å². The Balaban J connectivity index is 2.20. The van der Waals surface area contributed by atoms with Crippen LogP contribution in [0, 0.1) is 0 Å². The number of esters is 1. The van der Waals surface area contributed by atoms with Crippen molar-refractivity contribution in [1.82, 2.24) is 9.97 Å². The maximum absolute atomic E-state index is 11.8. The van der Waals surface area contributed by atoms with E-state index in [1.54, 1.807) is 6.92 Å². The molecule has 0 aliphatic carbocycles. The molecule has 2 rings (SSSR count). The van der Waals surface area contributed by atoms with E-state index in [9.17, 15) is 4.79 Å². The largest absolute Gasteiger partial charge is 0.483 e. The first-order valence-corrected chi connectivity index (χ1v) is 6.44. The van der Waals surface area contributed by atoms with Crippen molar-refractivity contribution in [3.63, 3.8) is 0 Å². The molecule has 0 saturated heterocycles. The van der Waals surface area contributed by atoms with Gasteiger partial charge in [-0.25, -0.2) is 14.8 Å². The molecule has 0 spiro atoms. The topological polar surface area (TPSA) is 61.3 Å². The van der Waals surface area contributed by atoms with Gasteiger partial charge in [0.2, 0.25) is 0 Å². The van der Waals surface area contributed by atoms with E-state index >= 15 is 0 Å². The number of ether oxygens (including phenoxy) is 2. The molecule has 0 bridgehead atoms. The van der Waals surface area contributed by atoms with E-state index < -0.39 is 5.97 Å². The number of aromatic nitrogens is 2. The van der Waals surface area contributed by atoms with Crippen molar-refractivity contribution in [3.05, 3.63) is 53.1 Å². The van der Waals surface area contributed by atoms with E-state index in [0.29, 0.717) is 0 Å². The number of carbonyl (C=O) groups excluding carboxylic acids is 1. The summed E-state index contributed by atoms with van der Waals surface area (Å²) in [5.74, 6) is -0.448. The molecule has 0 saturated carbocycles. The monoisotopic (exact) mass is 292 g/mol. The van der Waals surface area contributed by atoms with Gasteiger partial charge in [-0.05, 0) is 12.5 Å². The Labute approximate surface area is 121 Å². The second-order valence-electron chi connectivity index (χ2n) is 3.84. The molecule has 1 heterocycles. The summed E-state index contributed by atoms with van der Waals surface area (Å²) in [6, 6.07) is 9.51. The molecule has 104 valence electrons. The van der Waals surface area contributed by atoms with Crippen molar-refractivity contribution in [2.75, 3.05) is 6.61 Å². The zero-order valence-corrected chi connectivity index (χ0v) is 11.6. The summed E-state index contributed by atoms with van der Waals surface area (Å²) in [7, 11) is 0. The Hall–Kier alpha value is -2.14. The van der Waals surface area contributed by atoms with Crippen LogP contribution in [-0.4, -0.2) is 22.5 Å². The number of hydrogen-bond acceptors (Lipinski definition) is 5. The van der Waals surface area contributed by atoms with Crippen LogP contribution in [0.3, 0.4) is 0 Å². The predicted molar refractivity (Wildman–Crippen MR) is 73.8 cm³/mol. The molecule has 6 heteroatoms. The maximum Gasteiger partial charge on any atom is 0.361 e. The standard InChI is InChI=1S/C14H13ClN2O3/c1-2-19-14(18)11-12(13(15)17-9-16-11)20-8-10-6-4-3-5-7-10/h3-7,9H,2,8H2,1H3. The normalized spacial score (nSPS) is 10.1. The highest BCUT2D eigenvalue weighted by Gasteiger charge is 2.19. The zero-order chi connectivity index (χ0) is 14.4. The third-order valence-corrected chi connectivity index (χ3v) is 2.72. The van der Waals surface area contributed by atoms with E-state index in [1.807, 2.05) is 30.3 Å². The molecule has 0 amide bonds. The Bertz CT molecular complexity index is 590. The molecule has 0 N–H and O–H groups in total. The van der Waals surface area contributed by atoms with E-state index in [1.165, 1.54) is 6.33 Å². The molecule has 1 aromatic carbocycles. The Morgan fingerprint density at radius 1 is 1.25 bits per heavy atom. The van der Waals surface area contributed by atoms with Gasteiger partial charge in [0.25, 0.3) is 0 Å². The average Bonchev–Trinajstić information content (AvgIpc) is 2.47. The van der Waals surface area contributed by atoms with E-state index in [2.05, 4.69) is 9.97 Å². The zero-order valence-electron chi connectivity index (χ0n) is 10.9. The maximum atomic E-state index is 11.8. The highest BCUT2D eigenvalue weighted by atomic mass is 35.5. The molecule has 5 nitrogen and oxygen atoms in total. The minimum Gasteiger partial charge on any atom is -0.483 e. The first kappa shape index (κ1) is 14.3. The Kier molecular flexibility index (Phi) is 4.90. The lowest BCUT2D eigenvalue weighted by Crippen LogP contribution is -2.11. The lowest BCUT2D eigenvalue weighted by Gasteiger charge is -2.10. The highest BCUT2D eigenvalue weighted by molar-refractivity contribution is 6.31. The molecule has 1 aromatic heterocycles. The van der Waals surface area contributed by atoms with Crippen molar-refractivity contribution in [2.24, 2.45) is 0 Å². The minimum absolute atomic E-state index is 0.0304. The number of benzene rings is 1. The van der Waals surface area contributed by atoms with Crippen LogP contribution < -0.4 is 4.74 Å². The van der Waals surface area contributed by atoms with Crippen LogP contribution in [0.4, 0.5) is 0 Å². The fourth-order valence-electron chi connectivity index (χ4n) is 1.55. The third-order valence-electron chi connectivity index (χ3n) is 2.46. The fourth-order valence-corrected chi connectivity index (χ4v) is 1.74. The number of rotatable bonds is 5. The summed E-state index contributed by atoms with van der Waals surface area (Å²) >= 11 is 5.96. The van der Waals surface area contributed by atoms with E-state index in [-0.39, 0.29) is 29.8 Å². The smallest absolute Gasteiger partial charge is 0.361 e. The van der Waals surface area contributed by atoms with Crippen LogP contribution in [0.1, 0.15) is 23.0 Å². The lowest BCUT2D eigenvalue weighted by molar-refractivity contribution is 0.0513. The molecule has 20 heavy (non-hydrogen) atoms. The second kappa shape index (κ2) is 6.86. The molecular formula is C14H13ClN2O3. The first-order valence-electron chi connectivity index (χ1n) is 6.06. The molecule has 0 fully saturated rings. The molecular weight excluding hydrogens is 280 g/mol. The van der Waals surface area contributed by atoms with Crippen LogP contribution in [0.5, 0.6) is 5.75 Å². The van der Waals surface area contributed by atoms with Crippen molar-refractivity contribution in [1.29, 1.82) is 0 Å². The van der Waals surface area contributed by atoms with E-state index in [4.69, 9.17) is 21.1 Å². The van der Waals surface area contributed by atoms with Crippen LogP contribution >= 0.6 is 11.6 Å². The number of halogens is 1. The average molecular weight is 293 g/mol. The number of carbonyl (C=O) groups is 1. The summed E-state index contributed by atoms with van der Waals surface area (Å²) < 4.78 is 10.5. The minimum atomic E-state index is -0.583. The summed E-state index contributed by atoms with van der Waals surface area (Å²) in [4.78, 5) is 19.5. The number of hydrogen-bond donors (Lipinski definition) is 0. The summed E-state index contributed by atoms with van der Waals surface area (Å²) in [5, 5.41) is 0.0824. The Morgan fingerprint density at radius 3 is 2.70 bits per heavy atom. The van der Waals surface area contributed by atoms with Gasteiger partial charge in [0, 0.05) is 0 Å². The second-order valence-corrected chi connectivity index (χ2v) is 4.19. The van der Waals surface area contributed by atoms with Gasteiger partial charge in [-0.3, -0.25) is 0 Å². The molecule has 2 aromatic rings. The predicted octanol–water partition coefficient (Wildman–Crippen LogP) is 2.89. The lowest BCUT2D eigenvalue weighted by atomic mass is 10.2. The van der Waals surface area contributed by atoms with Crippen molar-refractivity contribution >= 4 is 17.6 Å². The molecule has 0 aliphatic heterocycles. The van der Waals surface area contributed by atoms with Gasteiger partial charge in [0.1, 0.15) is 12.9 Å². The molecule has 0 unspecified atom stereocenters. The van der Waals surface area contributed by atoms with Gasteiger partial charge < -0.3 is 9.47 Å². The van der Waals surface area contributed by atoms with Gasteiger partial charge in [-0.1, -0.05) is 41.9 Å². The molecule has 0 aliphatic rings. The highest BCUT2D eigenvalue weighted by Crippen LogP contribution is 2.26. The number of nitrogens with zero attached hydrogens (tertiary/aromatic N) is 2. The third kappa shape index (κ3) is 3.45. The summed E-state index contributed by atoms with van der Waals surface area (Å²) in [5.41, 5.74) is 0.977. The molecule has 0 radical (unpaired) electrons. The van der Waals surface area contributed by atoms with E-state index in [0.717, 1.165) is 5.56 Å². The van der Waals surface area contributed by atoms with Crippen molar-refractivity contribution in [3.8, 4) is 5.75 Å². The first-order chi connectivity index (χ1) is 9.72. The molecule has 0 atom stereocenters. The van der Waals surface area contributed by atoms with Crippen LogP contribution in [0.15, 0.2) is 36.7 Å². The van der Waals surface area contributed by atoms with Gasteiger partial charge in [-0.2, -0.15) is 0 Å². The SMILES string of the molecule is CCOC(=O)c1ncnc(Cl)c1OCc1ccccc1. The quantitative estimate of drug-likeness (QED) is 0.626.